The van der Waals surface area contributed by atoms with Crippen molar-refractivity contribution in [2.75, 3.05) is 0 Å². The number of thioether (sulfide) groups is 1. The minimum Gasteiger partial charge on any atom is -0.478 e. The quantitative estimate of drug-likeness (QED) is 0.795. The topological polar surface area (TPSA) is 37.3 Å². The number of carboxylic acid groups (broad SMARTS) is 1. The van der Waals surface area contributed by atoms with E-state index in [1.165, 1.54) is 17.7 Å². The van der Waals surface area contributed by atoms with Gasteiger partial charge in [-0.1, -0.05) is 32.0 Å². The van der Waals surface area contributed by atoms with Crippen molar-refractivity contribution in [3.8, 4) is 0 Å². The molecule has 1 N–H and O–H groups in total. The molecule has 0 unspecified atom stereocenters. The number of carboxylic acids is 1. The molecule has 0 amide bonds. The first-order valence-electron chi connectivity index (χ1n) is 6.72. The Labute approximate surface area is 128 Å². The van der Waals surface area contributed by atoms with E-state index in [2.05, 4.69) is 38.1 Å². The molecular formula is C17H17FO2S. The highest BCUT2D eigenvalue weighted by Gasteiger charge is 2.10. The van der Waals surface area contributed by atoms with Crippen LogP contribution in [0.25, 0.3) is 0 Å². The first-order valence-corrected chi connectivity index (χ1v) is 7.70. The zero-order valence-electron chi connectivity index (χ0n) is 12.0. The summed E-state index contributed by atoms with van der Waals surface area (Å²) in [6.07, 6.45) is 0. The monoisotopic (exact) mass is 304 g/mol. The van der Waals surface area contributed by atoms with Crippen molar-refractivity contribution < 1.29 is 14.3 Å². The zero-order valence-corrected chi connectivity index (χ0v) is 12.8. The fourth-order valence-corrected chi connectivity index (χ4v) is 2.78. The second kappa shape index (κ2) is 6.76. The van der Waals surface area contributed by atoms with Gasteiger partial charge in [0.2, 0.25) is 0 Å². The summed E-state index contributed by atoms with van der Waals surface area (Å²) in [5.41, 5.74) is 1.81. The van der Waals surface area contributed by atoms with Gasteiger partial charge in [0.25, 0.3) is 0 Å². The van der Waals surface area contributed by atoms with Crippen molar-refractivity contribution in [3.63, 3.8) is 0 Å². The molecule has 0 aliphatic carbocycles. The molecule has 0 saturated carbocycles. The summed E-state index contributed by atoms with van der Waals surface area (Å²) < 4.78 is 13.3. The molecule has 0 aliphatic heterocycles. The number of hydrogen-bond donors (Lipinski definition) is 1. The maximum absolute atomic E-state index is 13.3. The van der Waals surface area contributed by atoms with Crippen molar-refractivity contribution >= 4 is 17.7 Å². The summed E-state index contributed by atoms with van der Waals surface area (Å²) in [6.45, 7) is 4.29. The van der Waals surface area contributed by atoms with Crippen molar-refractivity contribution in [2.45, 2.75) is 30.4 Å². The molecular weight excluding hydrogens is 287 g/mol. The average Bonchev–Trinajstić information content (AvgIpc) is 2.46. The van der Waals surface area contributed by atoms with Gasteiger partial charge in [-0.05, 0) is 41.3 Å². The molecule has 2 aromatic rings. The SMILES string of the molecule is CC(C)c1ccc(SCc2ccc(F)c(C(=O)O)c2)cc1. The van der Waals surface area contributed by atoms with Crippen molar-refractivity contribution in [1.82, 2.24) is 0 Å². The van der Waals surface area contributed by atoms with E-state index in [0.717, 1.165) is 10.5 Å². The third kappa shape index (κ3) is 4.08. The first kappa shape index (κ1) is 15.6. The van der Waals surface area contributed by atoms with E-state index in [0.29, 0.717) is 11.7 Å². The highest BCUT2D eigenvalue weighted by Crippen LogP contribution is 2.25. The molecule has 0 aliphatic rings. The second-order valence-electron chi connectivity index (χ2n) is 5.13. The molecule has 0 saturated heterocycles. The summed E-state index contributed by atoms with van der Waals surface area (Å²) in [4.78, 5) is 12.0. The van der Waals surface area contributed by atoms with Gasteiger partial charge in [0.15, 0.2) is 0 Å². The van der Waals surface area contributed by atoms with Crippen LogP contribution in [0.3, 0.4) is 0 Å². The minimum atomic E-state index is -1.24. The van der Waals surface area contributed by atoms with Crippen LogP contribution >= 0.6 is 11.8 Å². The number of halogens is 1. The number of hydrogen-bond acceptors (Lipinski definition) is 2. The molecule has 0 bridgehead atoms. The van der Waals surface area contributed by atoms with Crippen molar-refractivity contribution in [2.24, 2.45) is 0 Å². The van der Waals surface area contributed by atoms with Gasteiger partial charge < -0.3 is 5.11 Å². The maximum Gasteiger partial charge on any atom is 0.338 e. The molecule has 0 fully saturated rings. The predicted molar refractivity (Wildman–Crippen MR) is 83.5 cm³/mol. The van der Waals surface area contributed by atoms with Crippen molar-refractivity contribution in [1.29, 1.82) is 0 Å². The number of rotatable bonds is 5. The van der Waals surface area contributed by atoms with Crippen LogP contribution in [-0.4, -0.2) is 11.1 Å². The van der Waals surface area contributed by atoms with Crippen LogP contribution in [0, 0.1) is 5.82 Å². The van der Waals surface area contributed by atoms with Crippen LogP contribution < -0.4 is 0 Å². The molecule has 21 heavy (non-hydrogen) atoms. The first-order chi connectivity index (χ1) is 9.97. The van der Waals surface area contributed by atoms with Crippen LogP contribution in [0.2, 0.25) is 0 Å². The number of aromatic carboxylic acids is 1. The zero-order chi connectivity index (χ0) is 15.4. The lowest BCUT2D eigenvalue weighted by atomic mass is 10.0. The van der Waals surface area contributed by atoms with Gasteiger partial charge in [-0.2, -0.15) is 0 Å². The van der Waals surface area contributed by atoms with E-state index in [-0.39, 0.29) is 5.56 Å². The summed E-state index contributed by atoms with van der Waals surface area (Å²) in [6, 6.07) is 12.5. The third-order valence-electron chi connectivity index (χ3n) is 3.21. The molecule has 4 heteroatoms. The van der Waals surface area contributed by atoms with E-state index in [1.54, 1.807) is 17.8 Å². The Morgan fingerprint density at radius 3 is 2.43 bits per heavy atom. The fourth-order valence-electron chi connectivity index (χ4n) is 1.94. The summed E-state index contributed by atoms with van der Waals surface area (Å²) in [7, 11) is 0. The smallest absolute Gasteiger partial charge is 0.338 e. The molecule has 0 heterocycles. The normalized spacial score (nSPS) is 10.9. The maximum atomic E-state index is 13.3. The molecule has 0 aromatic heterocycles. The highest BCUT2D eigenvalue weighted by molar-refractivity contribution is 7.98. The molecule has 110 valence electrons. The average molecular weight is 304 g/mol. The van der Waals surface area contributed by atoms with E-state index in [1.807, 2.05) is 0 Å². The molecule has 2 rings (SSSR count). The summed E-state index contributed by atoms with van der Waals surface area (Å²) in [5.74, 6) is -0.820. The lowest BCUT2D eigenvalue weighted by Gasteiger charge is -2.07. The number of benzene rings is 2. The standard InChI is InChI=1S/C17H17FO2S/c1-11(2)13-4-6-14(7-5-13)21-10-12-3-8-16(18)15(9-12)17(19)20/h3-9,11H,10H2,1-2H3,(H,19,20). The Morgan fingerprint density at radius 2 is 1.86 bits per heavy atom. The second-order valence-corrected chi connectivity index (χ2v) is 6.18. The molecule has 2 nitrogen and oxygen atoms in total. The van der Waals surface area contributed by atoms with Gasteiger partial charge in [0, 0.05) is 10.6 Å². The molecule has 2 aromatic carbocycles. The van der Waals surface area contributed by atoms with Gasteiger partial charge in [0.1, 0.15) is 5.82 Å². The molecule has 0 atom stereocenters. The van der Waals surface area contributed by atoms with Crippen LogP contribution in [-0.2, 0) is 5.75 Å². The summed E-state index contributed by atoms with van der Waals surface area (Å²) >= 11 is 1.60. The van der Waals surface area contributed by atoms with Gasteiger partial charge in [-0.3, -0.25) is 0 Å². The van der Waals surface area contributed by atoms with Crippen LogP contribution in [0.4, 0.5) is 4.39 Å². The number of carbonyl (C=O) groups is 1. The summed E-state index contributed by atoms with van der Waals surface area (Å²) in [5, 5.41) is 8.91. The molecule has 0 radical (unpaired) electrons. The Hall–Kier alpha value is -1.81. The Balaban J connectivity index is 2.06. The van der Waals surface area contributed by atoms with Crippen LogP contribution in [0.1, 0.15) is 41.3 Å². The third-order valence-corrected chi connectivity index (χ3v) is 4.30. The fraction of sp³-hybridized carbons (Fsp3) is 0.235. The van der Waals surface area contributed by atoms with E-state index >= 15 is 0 Å². The Bertz CT molecular complexity index is 636. The lowest BCUT2D eigenvalue weighted by molar-refractivity contribution is 0.0692. The van der Waals surface area contributed by atoms with E-state index in [4.69, 9.17) is 5.11 Å². The largest absolute Gasteiger partial charge is 0.478 e. The van der Waals surface area contributed by atoms with E-state index in [9.17, 15) is 9.18 Å². The van der Waals surface area contributed by atoms with Crippen LogP contribution in [0.15, 0.2) is 47.4 Å². The van der Waals surface area contributed by atoms with Crippen molar-refractivity contribution in [3.05, 3.63) is 65.0 Å². The van der Waals surface area contributed by atoms with Crippen LogP contribution in [0.5, 0.6) is 0 Å². The Kier molecular flexibility index (Phi) is 5.02. The van der Waals surface area contributed by atoms with Gasteiger partial charge in [0.05, 0.1) is 5.56 Å². The van der Waals surface area contributed by atoms with Gasteiger partial charge in [-0.25, -0.2) is 9.18 Å². The lowest BCUT2D eigenvalue weighted by Crippen LogP contribution is -2.01. The minimum absolute atomic E-state index is 0.275. The Morgan fingerprint density at radius 1 is 1.19 bits per heavy atom. The predicted octanol–water partition coefficient (Wildman–Crippen LogP) is 4.94. The molecule has 0 spiro atoms. The van der Waals surface area contributed by atoms with E-state index < -0.39 is 11.8 Å². The van der Waals surface area contributed by atoms with Gasteiger partial charge >= 0.3 is 5.97 Å². The van der Waals surface area contributed by atoms with Gasteiger partial charge in [-0.15, -0.1) is 11.8 Å². The highest BCUT2D eigenvalue weighted by atomic mass is 32.2.